The van der Waals surface area contributed by atoms with Crippen LogP contribution in [0.2, 0.25) is 0 Å². The summed E-state index contributed by atoms with van der Waals surface area (Å²) in [6, 6.07) is 11.3. The number of carbonyl (C=O) groups excluding carboxylic acids is 2. The van der Waals surface area contributed by atoms with Crippen LogP contribution in [-0.4, -0.2) is 61.5 Å². The molecule has 2 atom stereocenters. The molecule has 9 nitrogen and oxygen atoms in total. The van der Waals surface area contributed by atoms with E-state index in [0.717, 1.165) is 0 Å². The summed E-state index contributed by atoms with van der Waals surface area (Å²) in [6.07, 6.45) is -0.500. The van der Waals surface area contributed by atoms with Crippen LogP contribution in [0, 0.1) is 5.82 Å². The van der Waals surface area contributed by atoms with Crippen LogP contribution in [0.25, 0.3) is 11.3 Å². The number of thiazole rings is 1. The fourth-order valence-corrected chi connectivity index (χ4v) is 6.09. The summed E-state index contributed by atoms with van der Waals surface area (Å²) in [7, 11) is -3.84. The highest BCUT2D eigenvalue weighted by atomic mass is 32.2. The topological polar surface area (TPSA) is 115 Å². The molecule has 0 radical (unpaired) electrons. The van der Waals surface area contributed by atoms with E-state index < -0.39 is 28.5 Å². The second-order valence-corrected chi connectivity index (χ2v) is 11.1. The zero-order valence-electron chi connectivity index (χ0n) is 19.5. The predicted molar refractivity (Wildman–Crippen MR) is 132 cm³/mol. The lowest BCUT2D eigenvalue weighted by molar-refractivity contribution is -0.119. The van der Waals surface area contributed by atoms with Crippen LogP contribution >= 0.6 is 11.3 Å². The Morgan fingerprint density at radius 3 is 2.56 bits per heavy atom. The fraction of sp³-hybridized carbons (Fsp3) is 0.292. The van der Waals surface area contributed by atoms with E-state index in [1.165, 1.54) is 52.0 Å². The Balaban J connectivity index is 1.36. The van der Waals surface area contributed by atoms with Crippen molar-refractivity contribution < 1.29 is 31.9 Å². The molecule has 2 aromatic carbocycles. The van der Waals surface area contributed by atoms with Gasteiger partial charge in [0.25, 0.3) is 5.91 Å². The van der Waals surface area contributed by atoms with Crippen molar-refractivity contribution in [2.45, 2.75) is 31.0 Å². The summed E-state index contributed by atoms with van der Waals surface area (Å²) in [5.41, 5.74) is 1.26. The Labute approximate surface area is 211 Å². The maximum absolute atomic E-state index is 13.1. The normalized spacial score (nSPS) is 18.5. The molecule has 4 rings (SSSR count). The number of ether oxygens (including phenoxy) is 2. The van der Waals surface area contributed by atoms with Crippen molar-refractivity contribution in [1.29, 1.82) is 0 Å². The summed E-state index contributed by atoms with van der Waals surface area (Å²) in [6.45, 7) is 3.43. The number of esters is 1. The van der Waals surface area contributed by atoms with E-state index >= 15 is 0 Å². The Bertz CT molecular complexity index is 1350. The predicted octanol–water partition coefficient (Wildman–Crippen LogP) is 3.54. The van der Waals surface area contributed by atoms with Crippen molar-refractivity contribution in [3.05, 3.63) is 65.3 Å². The second kappa shape index (κ2) is 10.8. The van der Waals surface area contributed by atoms with Gasteiger partial charge < -0.3 is 9.47 Å². The highest BCUT2D eigenvalue weighted by Gasteiger charge is 2.32. The molecular weight excluding hydrogens is 509 g/mol. The molecular formula is C24H24FN3O6S2. The number of aromatic nitrogens is 1. The zero-order valence-corrected chi connectivity index (χ0v) is 21.1. The average molecular weight is 534 g/mol. The van der Waals surface area contributed by atoms with Crippen LogP contribution in [0.5, 0.6) is 0 Å². The molecule has 1 aliphatic rings. The van der Waals surface area contributed by atoms with Gasteiger partial charge in [0.1, 0.15) is 5.82 Å². The summed E-state index contributed by atoms with van der Waals surface area (Å²) >= 11 is 1.17. The minimum Gasteiger partial charge on any atom is -0.452 e. The molecule has 1 aromatic heterocycles. The number of rotatable bonds is 7. The van der Waals surface area contributed by atoms with Crippen molar-refractivity contribution in [3.8, 4) is 11.3 Å². The van der Waals surface area contributed by atoms with Crippen molar-refractivity contribution >= 4 is 38.4 Å². The maximum Gasteiger partial charge on any atom is 0.338 e. The number of benzene rings is 2. The third kappa shape index (κ3) is 6.13. The molecule has 1 fully saturated rings. The molecule has 2 heterocycles. The average Bonchev–Trinajstić information content (AvgIpc) is 3.30. The first kappa shape index (κ1) is 25.9. The van der Waals surface area contributed by atoms with Crippen LogP contribution in [0.3, 0.4) is 0 Å². The van der Waals surface area contributed by atoms with Gasteiger partial charge in [0.15, 0.2) is 11.7 Å². The van der Waals surface area contributed by atoms with Gasteiger partial charge in [-0.25, -0.2) is 22.6 Å². The van der Waals surface area contributed by atoms with Gasteiger partial charge in [-0.3, -0.25) is 10.1 Å². The monoisotopic (exact) mass is 533 g/mol. The fourth-order valence-electron chi connectivity index (χ4n) is 3.71. The number of nitrogens with zero attached hydrogens (tertiary/aromatic N) is 2. The van der Waals surface area contributed by atoms with Crippen molar-refractivity contribution in [3.63, 3.8) is 0 Å². The number of nitrogens with one attached hydrogen (secondary N) is 1. The first-order chi connectivity index (χ1) is 17.1. The van der Waals surface area contributed by atoms with Crippen LogP contribution in [0.15, 0.2) is 58.8 Å². The number of carbonyl (C=O) groups is 2. The molecule has 190 valence electrons. The van der Waals surface area contributed by atoms with Crippen molar-refractivity contribution in [2.24, 2.45) is 0 Å². The lowest BCUT2D eigenvalue weighted by Gasteiger charge is -2.34. The maximum atomic E-state index is 13.1. The van der Waals surface area contributed by atoms with Gasteiger partial charge in [0, 0.05) is 24.0 Å². The Kier molecular flexibility index (Phi) is 7.79. The summed E-state index contributed by atoms with van der Waals surface area (Å²) in [4.78, 5) is 29.0. The summed E-state index contributed by atoms with van der Waals surface area (Å²) in [5, 5.41) is 4.53. The first-order valence-corrected chi connectivity index (χ1v) is 13.4. The van der Waals surface area contributed by atoms with Gasteiger partial charge in [-0.2, -0.15) is 4.31 Å². The van der Waals surface area contributed by atoms with Crippen LogP contribution < -0.4 is 5.32 Å². The van der Waals surface area contributed by atoms with Gasteiger partial charge in [-0.1, -0.05) is 6.07 Å². The molecule has 3 aromatic rings. The number of anilines is 1. The molecule has 0 saturated carbocycles. The third-order valence-corrected chi connectivity index (χ3v) is 7.90. The van der Waals surface area contributed by atoms with Gasteiger partial charge in [-0.15, -0.1) is 11.3 Å². The Hall–Kier alpha value is -3.19. The molecule has 1 saturated heterocycles. The number of hydrogen-bond donors (Lipinski definition) is 1. The quantitative estimate of drug-likeness (QED) is 0.462. The van der Waals surface area contributed by atoms with Crippen LogP contribution in [-0.2, 0) is 24.3 Å². The number of halogens is 1. The molecule has 1 aliphatic heterocycles. The van der Waals surface area contributed by atoms with E-state index in [2.05, 4.69) is 10.3 Å². The molecule has 2 unspecified atom stereocenters. The number of sulfonamides is 1. The molecule has 12 heteroatoms. The van der Waals surface area contributed by atoms with Gasteiger partial charge in [-0.05, 0) is 56.3 Å². The number of hydrogen-bond acceptors (Lipinski definition) is 8. The van der Waals surface area contributed by atoms with Gasteiger partial charge in [0.2, 0.25) is 10.0 Å². The van der Waals surface area contributed by atoms with E-state index in [4.69, 9.17) is 9.47 Å². The third-order valence-electron chi connectivity index (χ3n) is 5.32. The minimum atomic E-state index is -3.84. The van der Waals surface area contributed by atoms with Crippen LogP contribution in [0.4, 0.5) is 9.52 Å². The lowest BCUT2D eigenvalue weighted by atomic mass is 10.2. The van der Waals surface area contributed by atoms with E-state index in [-0.39, 0.29) is 46.7 Å². The smallest absolute Gasteiger partial charge is 0.338 e. The molecule has 36 heavy (non-hydrogen) atoms. The number of morpholine rings is 1. The van der Waals surface area contributed by atoms with Gasteiger partial charge >= 0.3 is 5.97 Å². The Morgan fingerprint density at radius 2 is 1.86 bits per heavy atom. The minimum absolute atomic E-state index is 0.00563. The first-order valence-electron chi connectivity index (χ1n) is 11.1. The zero-order chi connectivity index (χ0) is 25.9. The molecule has 0 bridgehead atoms. The Morgan fingerprint density at radius 1 is 1.17 bits per heavy atom. The van der Waals surface area contributed by atoms with Crippen molar-refractivity contribution in [1.82, 2.24) is 9.29 Å². The van der Waals surface area contributed by atoms with E-state index in [9.17, 15) is 22.4 Å². The van der Waals surface area contributed by atoms with Crippen LogP contribution in [0.1, 0.15) is 24.2 Å². The van der Waals surface area contributed by atoms with E-state index in [1.807, 2.05) is 0 Å². The largest absolute Gasteiger partial charge is 0.452 e. The summed E-state index contributed by atoms with van der Waals surface area (Å²) < 4.78 is 51.2. The molecule has 0 spiro atoms. The second-order valence-electron chi connectivity index (χ2n) is 8.28. The lowest BCUT2D eigenvalue weighted by Crippen LogP contribution is -2.48. The molecule has 1 amide bonds. The van der Waals surface area contributed by atoms with Gasteiger partial charge in [0.05, 0.1) is 28.4 Å². The van der Waals surface area contributed by atoms with E-state index in [1.54, 1.807) is 31.4 Å². The molecule has 0 aliphatic carbocycles. The number of amides is 1. The van der Waals surface area contributed by atoms with E-state index in [0.29, 0.717) is 11.3 Å². The SMILES string of the molecule is CC1CN(S(=O)(=O)c2cccc(C(=O)OCC(=O)Nc3nc(-c4ccc(F)cc4)cs3)c2)CC(C)O1. The van der Waals surface area contributed by atoms with Crippen molar-refractivity contribution in [2.75, 3.05) is 25.0 Å². The highest BCUT2D eigenvalue weighted by molar-refractivity contribution is 7.89. The molecule has 1 N–H and O–H groups in total. The standard InChI is InChI=1S/C24H24FN3O6S2/c1-15-11-28(12-16(2)34-15)36(31,32)20-5-3-4-18(10-20)23(30)33-13-22(29)27-24-26-21(14-35-24)17-6-8-19(25)9-7-17/h3-10,14-16H,11-13H2,1-2H3,(H,26,27,29). The summed E-state index contributed by atoms with van der Waals surface area (Å²) in [5.74, 6) is -1.81. The highest BCUT2D eigenvalue weighted by Crippen LogP contribution is 2.25.